The van der Waals surface area contributed by atoms with Crippen LogP contribution in [0.25, 0.3) is 11.1 Å². The second-order valence-electron chi connectivity index (χ2n) is 6.95. The van der Waals surface area contributed by atoms with E-state index in [1.165, 1.54) is 7.11 Å². The minimum Gasteiger partial charge on any atom is -0.467 e. The van der Waals surface area contributed by atoms with E-state index in [-0.39, 0.29) is 12.5 Å². The van der Waals surface area contributed by atoms with Crippen molar-refractivity contribution < 1.29 is 24.3 Å². The molecule has 0 fully saturated rings. The second-order valence-corrected chi connectivity index (χ2v) is 6.95. The normalized spacial score (nSPS) is 13.3. The summed E-state index contributed by atoms with van der Waals surface area (Å²) in [6, 6.07) is 15.4. The van der Waals surface area contributed by atoms with Gasteiger partial charge in [-0.1, -0.05) is 48.5 Å². The predicted octanol–water partition coefficient (Wildman–Crippen LogP) is 3.22. The molecule has 1 atom stereocenters. The van der Waals surface area contributed by atoms with Gasteiger partial charge >= 0.3 is 12.1 Å². The molecule has 1 aliphatic carbocycles. The van der Waals surface area contributed by atoms with Gasteiger partial charge in [-0.15, -0.1) is 0 Å². The lowest BCUT2D eigenvalue weighted by Crippen LogP contribution is -2.42. The highest BCUT2D eigenvalue weighted by molar-refractivity contribution is 5.82. The number of benzene rings is 2. The Morgan fingerprint density at radius 2 is 1.66 bits per heavy atom. The molecule has 2 aromatic rings. The van der Waals surface area contributed by atoms with Gasteiger partial charge in [-0.2, -0.15) is 0 Å². The van der Waals surface area contributed by atoms with Crippen molar-refractivity contribution in [2.24, 2.45) is 0 Å². The summed E-state index contributed by atoms with van der Waals surface area (Å²) in [5, 5.41) is 11.2. The average Bonchev–Trinajstić information content (AvgIpc) is 3.07. The first-order chi connectivity index (χ1) is 14.2. The number of ether oxygens (including phenoxy) is 2. The van der Waals surface area contributed by atoms with Gasteiger partial charge in [-0.3, -0.25) is 0 Å². The third kappa shape index (κ3) is 4.93. The van der Waals surface area contributed by atoms with Crippen molar-refractivity contribution in [1.29, 1.82) is 0 Å². The maximum Gasteiger partial charge on any atom is 0.407 e. The highest BCUT2D eigenvalue weighted by Crippen LogP contribution is 2.44. The summed E-state index contributed by atoms with van der Waals surface area (Å²) < 4.78 is 10.2. The number of nitrogens with one attached hydrogen (secondary N) is 2. The Bertz CT molecular complexity index is 809. The van der Waals surface area contributed by atoms with Crippen molar-refractivity contribution in [1.82, 2.24) is 10.8 Å². The number of hydrogen-bond donors (Lipinski definition) is 3. The van der Waals surface area contributed by atoms with E-state index in [1.54, 1.807) is 0 Å². The van der Waals surface area contributed by atoms with E-state index in [0.717, 1.165) is 22.3 Å². The molecule has 154 valence electrons. The van der Waals surface area contributed by atoms with E-state index in [2.05, 4.69) is 22.9 Å². The van der Waals surface area contributed by atoms with Crippen molar-refractivity contribution in [3.05, 3.63) is 59.7 Å². The van der Waals surface area contributed by atoms with Gasteiger partial charge in [-0.05, 0) is 41.5 Å². The van der Waals surface area contributed by atoms with E-state index in [0.29, 0.717) is 25.8 Å². The van der Waals surface area contributed by atoms with Crippen LogP contribution in [0.4, 0.5) is 4.79 Å². The lowest BCUT2D eigenvalue weighted by atomic mass is 9.98. The Hall–Kier alpha value is -2.90. The predicted molar refractivity (Wildman–Crippen MR) is 108 cm³/mol. The highest BCUT2D eigenvalue weighted by Gasteiger charge is 2.29. The van der Waals surface area contributed by atoms with Crippen LogP contribution >= 0.6 is 0 Å². The zero-order valence-corrected chi connectivity index (χ0v) is 16.4. The lowest BCUT2D eigenvalue weighted by Gasteiger charge is -2.18. The molecule has 0 heterocycles. The molecule has 3 rings (SSSR count). The van der Waals surface area contributed by atoms with Crippen LogP contribution < -0.4 is 10.8 Å². The molecule has 1 amide bonds. The Kier molecular flexibility index (Phi) is 7.21. The highest BCUT2D eigenvalue weighted by atomic mass is 16.6. The van der Waals surface area contributed by atoms with E-state index in [9.17, 15) is 9.59 Å². The van der Waals surface area contributed by atoms with E-state index in [4.69, 9.17) is 14.7 Å². The van der Waals surface area contributed by atoms with Gasteiger partial charge in [0.15, 0.2) is 0 Å². The first kappa shape index (κ1) is 20.8. The van der Waals surface area contributed by atoms with Crippen LogP contribution in [0.15, 0.2) is 48.5 Å². The van der Waals surface area contributed by atoms with Crippen LogP contribution in [-0.2, 0) is 14.3 Å². The minimum absolute atomic E-state index is 0.0413. The Labute approximate surface area is 170 Å². The SMILES string of the molecule is COC(=O)[C@H](CCCCNO)NC(=O)OCC1c2ccccc2-c2ccccc21. The maximum absolute atomic E-state index is 12.3. The molecule has 1 aliphatic rings. The number of methoxy groups -OCH3 is 1. The van der Waals surface area contributed by atoms with Crippen LogP contribution in [0, 0.1) is 0 Å². The summed E-state index contributed by atoms with van der Waals surface area (Å²) in [5.74, 6) is -0.559. The number of hydrogen-bond acceptors (Lipinski definition) is 6. The number of unbranched alkanes of at least 4 members (excludes halogenated alkanes) is 1. The smallest absolute Gasteiger partial charge is 0.407 e. The summed E-state index contributed by atoms with van der Waals surface area (Å²) in [6.45, 7) is 0.598. The van der Waals surface area contributed by atoms with Crippen LogP contribution in [0.2, 0.25) is 0 Å². The van der Waals surface area contributed by atoms with Crippen molar-refractivity contribution in [3.8, 4) is 11.1 Å². The van der Waals surface area contributed by atoms with E-state index < -0.39 is 18.1 Å². The molecule has 0 saturated carbocycles. The molecule has 2 aromatic carbocycles. The molecule has 0 bridgehead atoms. The fourth-order valence-corrected chi connectivity index (χ4v) is 3.73. The first-order valence-electron chi connectivity index (χ1n) is 9.72. The molecule has 7 nitrogen and oxygen atoms in total. The number of amides is 1. The van der Waals surface area contributed by atoms with Gasteiger partial charge in [0.1, 0.15) is 12.6 Å². The van der Waals surface area contributed by atoms with Crippen LogP contribution in [0.1, 0.15) is 36.3 Å². The third-order valence-corrected chi connectivity index (χ3v) is 5.15. The molecule has 0 aromatic heterocycles. The van der Waals surface area contributed by atoms with Gasteiger partial charge in [0, 0.05) is 12.5 Å². The van der Waals surface area contributed by atoms with Crippen molar-refractivity contribution >= 4 is 12.1 Å². The number of alkyl carbamates (subject to hydrolysis) is 1. The standard InChI is InChI=1S/C22H26N2O5/c1-28-21(25)20(12-6-7-13-23-27)24-22(26)29-14-19-17-10-4-2-8-15(17)16-9-3-5-11-18(16)19/h2-5,8-11,19-20,23,27H,6-7,12-14H2,1H3,(H,24,26)/t20-/m0/s1. The zero-order valence-electron chi connectivity index (χ0n) is 16.4. The topological polar surface area (TPSA) is 96.9 Å². The second kappa shape index (κ2) is 10.0. The largest absolute Gasteiger partial charge is 0.467 e. The van der Waals surface area contributed by atoms with Crippen LogP contribution in [0.3, 0.4) is 0 Å². The molecule has 3 N–H and O–H groups in total. The molecule has 0 radical (unpaired) electrons. The van der Waals surface area contributed by atoms with Crippen LogP contribution in [-0.4, -0.2) is 43.6 Å². The monoisotopic (exact) mass is 398 g/mol. The third-order valence-electron chi connectivity index (χ3n) is 5.15. The summed E-state index contributed by atoms with van der Waals surface area (Å²) in [7, 11) is 1.28. The number of fused-ring (bicyclic) bond motifs is 3. The first-order valence-corrected chi connectivity index (χ1v) is 9.72. The molecule has 0 saturated heterocycles. The molecule has 0 aliphatic heterocycles. The minimum atomic E-state index is -0.783. The number of esters is 1. The average molecular weight is 398 g/mol. The molecule has 29 heavy (non-hydrogen) atoms. The summed E-state index contributed by atoms with van der Waals surface area (Å²) in [5.41, 5.74) is 6.63. The van der Waals surface area contributed by atoms with Crippen molar-refractivity contribution in [3.63, 3.8) is 0 Å². The summed E-state index contributed by atoms with van der Waals surface area (Å²) >= 11 is 0. The van der Waals surface area contributed by atoms with Gasteiger partial charge in [0.25, 0.3) is 0 Å². The molecule has 7 heteroatoms. The quantitative estimate of drug-likeness (QED) is 0.341. The Balaban J connectivity index is 1.61. The molecular formula is C22H26N2O5. The Morgan fingerprint density at radius 3 is 2.24 bits per heavy atom. The fourth-order valence-electron chi connectivity index (χ4n) is 3.73. The Morgan fingerprint density at radius 1 is 1.03 bits per heavy atom. The lowest BCUT2D eigenvalue weighted by molar-refractivity contribution is -0.143. The maximum atomic E-state index is 12.3. The van der Waals surface area contributed by atoms with E-state index >= 15 is 0 Å². The molecular weight excluding hydrogens is 372 g/mol. The van der Waals surface area contributed by atoms with E-state index in [1.807, 2.05) is 36.4 Å². The molecule has 0 unspecified atom stereocenters. The van der Waals surface area contributed by atoms with Gasteiger partial charge in [0.05, 0.1) is 7.11 Å². The van der Waals surface area contributed by atoms with Gasteiger partial charge in [0.2, 0.25) is 0 Å². The van der Waals surface area contributed by atoms with Crippen molar-refractivity contribution in [2.45, 2.75) is 31.2 Å². The van der Waals surface area contributed by atoms with Crippen molar-refractivity contribution in [2.75, 3.05) is 20.3 Å². The summed E-state index contributed by atoms with van der Waals surface area (Å²) in [4.78, 5) is 24.3. The zero-order chi connectivity index (χ0) is 20.6. The number of hydroxylamine groups is 1. The number of carbonyl (C=O) groups is 2. The van der Waals surface area contributed by atoms with Gasteiger partial charge < -0.3 is 20.0 Å². The number of carbonyl (C=O) groups excluding carboxylic acids is 2. The summed E-state index contributed by atoms with van der Waals surface area (Å²) in [6.07, 6.45) is 1.05. The number of rotatable bonds is 9. The van der Waals surface area contributed by atoms with Crippen LogP contribution in [0.5, 0.6) is 0 Å². The van der Waals surface area contributed by atoms with Gasteiger partial charge in [-0.25, -0.2) is 15.1 Å². The fraction of sp³-hybridized carbons (Fsp3) is 0.364. The molecule has 0 spiro atoms.